The summed E-state index contributed by atoms with van der Waals surface area (Å²) in [5, 5.41) is 3.60. The number of para-hydroxylation sites is 1. The maximum atomic E-state index is 12.2. The second-order valence-electron chi connectivity index (χ2n) is 4.71. The maximum Gasteiger partial charge on any atom is 0.244 e. The lowest BCUT2D eigenvalue weighted by molar-refractivity contribution is -0.120. The SMILES string of the molecule is CC(=O)N(CC(=O)Nc1cccc(Cl)c1Cl)c1ccccc1Cl. The smallest absolute Gasteiger partial charge is 0.244 e. The molecule has 0 unspecified atom stereocenters. The molecule has 0 fully saturated rings. The Morgan fingerprint density at radius 2 is 1.65 bits per heavy atom. The molecule has 2 rings (SSSR count). The van der Waals surface area contributed by atoms with Crippen molar-refractivity contribution in [1.82, 2.24) is 0 Å². The Morgan fingerprint density at radius 3 is 2.30 bits per heavy atom. The summed E-state index contributed by atoms with van der Waals surface area (Å²) in [5.41, 5.74) is 0.848. The monoisotopic (exact) mass is 370 g/mol. The predicted octanol–water partition coefficient (Wildman–Crippen LogP) is 4.64. The zero-order valence-corrected chi connectivity index (χ0v) is 14.4. The van der Waals surface area contributed by atoms with E-state index in [4.69, 9.17) is 34.8 Å². The first-order valence-electron chi connectivity index (χ1n) is 6.66. The molecule has 0 saturated carbocycles. The Kier molecular flexibility index (Phi) is 5.88. The fraction of sp³-hybridized carbons (Fsp3) is 0.125. The molecular weight excluding hydrogens is 359 g/mol. The molecule has 0 radical (unpaired) electrons. The van der Waals surface area contributed by atoms with Gasteiger partial charge >= 0.3 is 0 Å². The molecule has 0 bridgehead atoms. The second-order valence-corrected chi connectivity index (χ2v) is 5.90. The third kappa shape index (κ3) is 4.38. The Morgan fingerprint density at radius 1 is 1.00 bits per heavy atom. The van der Waals surface area contributed by atoms with Gasteiger partial charge in [0.2, 0.25) is 11.8 Å². The van der Waals surface area contributed by atoms with Crippen LogP contribution in [0, 0.1) is 0 Å². The average Bonchev–Trinajstić information content (AvgIpc) is 2.50. The predicted molar refractivity (Wildman–Crippen MR) is 94.6 cm³/mol. The van der Waals surface area contributed by atoms with Crippen molar-refractivity contribution in [2.45, 2.75) is 6.92 Å². The minimum absolute atomic E-state index is 0.193. The van der Waals surface area contributed by atoms with Gasteiger partial charge in [-0.2, -0.15) is 0 Å². The maximum absolute atomic E-state index is 12.2. The van der Waals surface area contributed by atoms with Gasteiger partial charge in [-0.15, -0.1) is 0 Å². The molecule has 4 nitrogen and oxygen atoms in total. The van der Waals surface area contributed by atoms with Crippen LogP contribution in [0.2, 0.25) is 15.1 Å². The highest BCUT2D eigenvalue weighted by Gasteiger charge is 2.18. The van der Waals surface area contributed by atoms with Crippen molar-refractivity contribution < 1.29 is 9.59 Å². The molecule has 120 valence electrons. The lowest BCUT2D eigenvalue weighted by atomic mass is 10.2. The summed E-state index contributed by atoms with van der Waals surface area (Å²) in [6.07, 6.45) is 0. The number of nitrogens with one attached hydrogen (secondary N) is 1. The van der Waals surface area contributed by atoms with Crippen LogP contribution in [0.3, 0.4) is 0 Å². The van der Waals surface area contributed by atoms with Gasteiger partial charge in [0.05, 0.1) is 26.4 Å². The molecule has 0 aliphatic heterocycles. The number of carbonyl (C=O) groups excluding carboxylic acids is 2. The topological polar surface area (TPSA) is 49.4 Å². The van der Waals surface area contributed by atoms with Crippen LogP contribution >= 0.6 is 34.8 Å². The van der Waals surface area contributed by atoms with Crippen LogP contribution in [0.4, 0.5) is 11.4 Å². The number of nitrogens with zero attached hydrogens (tertiary/aromatic N) is 1. The molecule has 0 atom stereocenters. The van der Waals surface area contributed by atoms with Gasteiger partial charge in [0.25, 0.3) is 0 Å². The highest BCUT2D eigenvalue weighted by atomic mass is 35.5. The highest BCUT2D eigenvalue weighted by Crippen LogP contribution is 2.30. The van der Waals surface area contributed by atoms with E-state index in [1.165, 1.54) is 11.8 Å². The van der Waals surface area contributed by atoms with Gasteiger partial charge in [-0.05, 0) is 24.3 Å². The van der Waals surface area contributed by atoms with E-state index in [0.717, 1.165) is 0 Å². The molecule has 23 heavy (non-hydrogen) atoms. The van der Waals surface area contributed by atoms with Crippen molar-refractivity contribution in [1.29, 1.82) is 0 Å². The number of amides is 2. The van der Waals surface area contributed by atoms with Crippen molar-refractivity contribution in [3.8, 4) is 0 Å². The zero-order valence-electron chi connectivity index (χ0n) is 12.1. The lowest BCUT2D eigenvalue weighted by Crippen LogP contribution is -2.36. The highest BCUT2D eigenvalue weighted by molar-refractivity contribution is 6.44. The number of hydrogen-bond acceptors (Lipinski definition) is 2. The zero-order chi connectivity index (χ0) is 17.0. The summed E-state index contributed by atoms with van der Waals surface area (Å²) in [5.74, 6) is -0.713. The van der Waals surface area contributed by atoms with Crippen molar-refractivity contribution in [3.63, 3.8) is 0 Å². The quantitative estimate of drug-likeness (QED) is 0.851. The molecule has 2 aromatic rings. The molecule has 7 heteroatoms. The Bertz CT molecular complexity index is 750. The number of benzene rings is 2. The number of hydrogen-bond donors (Lipinski definition) is 1. The summed E-state index contributed by atoms with van der Waals surface area (Å²) >= 11 is 18.0. The number of anilines is 2. The molecule has 2 aromatic carbocycles. The molecule has 0 spiro atoms. The third-order valence-electron chi connectivity index (χ3n) is 3.05. The third-order valence-corrected chi connectivity index (χ3v) is 4.19. The second kappa shape index (κ2) is 7.68. The van der Waals surface area contributed by atoms with Crippen molar-refractivity contribution in [2.75, 3.05) is 16.8 Å². The van der Waals surface area contributed by atoms with Crippen LogP contribution in [0.5, 0.6) is 0 Å². The van der Waals surface area contributed by atoms with E-state index in [1.807, 2.05) is 0 Å². The van der Waals surface area contributed by atoms with E-state index < -0.39 is 5.91 Å². The summed E-state index contributed by atoms with van der Waals surface area (Å²) in [6.45, 7) is 1.17. The molecular formula is C16H13Cl3N2O2. The van der Waals surface area contributed by atoms with Gasteiger partial charge in [-0.25, -0.2) is 0 Å². The van der Waals surface area contributed by atoms with E-state index in [1.54, 1.807) is 42.5 Å². The van der Waals surface area contributed by atoms with Crippen LogP contribution < -0.4 is 10.2 Å². The number of halogens is 3. The molecule has 1 N–H and O–H groups in total. The number of rotatable bonds is 4. The van der Waals surface area contributed by atoms with Gasteiger partial charge in [-0.1, -0.05) is 53.0 Å². The number of carbonyl (C=O) groups is 2. The molecule has 2 amide bonds. The van der Waals surface area contributed by atoms with Gasteiger partial charge in [0.15, 0.2) is 0 Å². The van der Waals surface area contributed by atoms with Crippen LogP contribution in [-0.2, 0) is 9.59 Å². The summed E-state index contributed by atoms with van der Waals surface area (Å²) in [7, 11) is 0. The first kappa shape index (κ1) is 17.6. The molecule has 0 aliphatic carbocycles. The van der Waals surface area contributed by atoms with Gasteiger partial charge in [-0.3, -0.25) is 9.59 Å². The minimum Gasteiger partial charge on any atom is -0.323 e. The normalized spacial score (nSPS) is 10.3. The van der Waals surface area contributed by atoms with Crippen LogP contribution in [-0.4, -0.2) is 18.4 Å². The summed E-state index contributed by atoms with van der Waals surface area (Å²) < 4.78 is 0. The summed E-state index contributed by atoms with van der Waals surface area (Å²) in [6, 6.07) is 11.7. The van der Waals surface area contributed by atoms with E-state index >= 15 is 0 Å². The Hall–Kier alpha value is -1.75. The molecule has 0 aliphatic rings. The van der Waals surface area contributed by atoms with E-state index in [2.05, 4.69) is 5.32 Å². The molecule has 0 heterocycles. The Labute approximate surface area is 148 Å². The van der Waals surface area contributed by atoms with Gasteiger partial charge in [0, 0.05) is 6.92 Å². The van der Waals surface area contributed by atoms with Crippen LogP contribution in [0.15, 0.2) is 42.5 Å². The van der Waals surface area contributed by atoms with E-state index in [0.29, 0.717) is 21.4 Å². The van der Waals surface area contributed by atoms with Crippen molar-refractivity contribution >= 4 is 58.0 Å². The van der Waals surface area contributed by atoms with Crippen LogP contribution in [0.1, 0.15) is 6.92 Å². The first-order valence-corrected chi connectivity index (χ1v) is 7.80. The van der Waals surface area contributed by atoms with Gasteiger partial charge < -0.3 is 10.2 Å². The fourth-order valence-electron chi connectivity index (χ4n) is 1.97. The van der Waals surface area contributed by atoms with E-state index in [-0.39, 0.29) is 17.5 Å². The molecule has 0 aromatic heterocycles. The Balaban J connectivity index is 2.18. The van der Waals surface area contributed by atoms with E-state index in [9.17, 15) is 9.59 Å². The average molecular weight is 372 g/mol. The fourth-order valence-corrected chi connectivity index (χ4v) is 2.56. The summed E-state index contributed by atoms with van der Waals surface area (Å²) in [4.78, 5) is 25.4. The lowest BCUT2D eigenvalue weighted by Gasteiger charge is -2.22. The largest absolute Gasteiger partial charge is 0.323 e. The standard InChI is InChI=1S/C16H13Cl3N2O2/c1-10(22)21(14-8-3-2-5-11(14)17)9-15(23)20-13-7-4-6-12(18)16(13)19/h2-8H,9H2,1H3,(H,20,23). The van der Waals surface area contributed by atoms with Crippen LogP contribution in [0.25, 0.3) is 0 Å². The van der Waals surface area contributed by atoms with Crippen molar-refractivity contribution in [3.05, 3.63) is 57.5 Å². The first-order chi connectivity index (χ1) is 10.9. The van der Waals surface area contributed by atoms with Crippen molar-refractivity contribution in [2.24, 2.45) is 0 Å². The van der Waals surface area contributed by atoms with Gasteiger partial charge in [0.1, 0.15) is 6.54 Å². The minimum atomic E-state index is -0.413. The molecule has 0 saturated heterocycles.